The summed E-state index contributed by atoms with van der Waals surface area (Å²) in [6, 6.07) is 17.0. The number of carboxylic acids is 1. The van der Waals surface area contributed by atoms with Crippen LogP contribution in [0.2, 0.25) is 0 Å². The van der Waals surface area contributed by atoms with Crippen LogP contribution in [-0.4, -0.2) is 40.0 Å². The molecule has 3 rings (SSSR count). The number of rotatable bonds is 13. The van der Waals surface area contributed by atoms with Crippen molar-refractivity contribution in [2.75, 3.05) is 18.4 Å². The number of nitrogens with one attached hydrogen (secondary N) is 1. The van der Waals surface area contributed by atoms with E-state index in [0.717, 1.165) is 41.3 Å². The second-order valence-electron chi connectivity index (χ2n) is 10.0. The van der Waals surface area contributed by atoms with E-state index in [4.69, 9.17) is 0 Å². The van der Waals surface area contributed by atoms with Crippen molar-refractivity contribution in [2.45, 2.75) is 53.5 Å². The van der Waals surface area contributed by atoms with Gasteiger partial charge in [0.1, 0.15) is 11.6 Å². The second-order valence-corrected chi connectivity index (χ2v) is 11.0. The molecule has 3 aromatic rings. The summed E-state index contributed by atoms with van der Waals surface area (Å²) in [7, 11) is 0. The zero-order chi connectivity index (χ0) is 26.1. The molecule has 0 bridgehead atoms. The highest BCUT2D eigenvalue weighted by atomic mass is 32.1. The minimum atomic E-state index is -1.02. The molecule has 0 aliphatic heterocycles. The Kier molecular flexibility index (Phi) is 10.1. The molecule has 6 nitrogen and oxygen atoms in total. The number of carbonyl (C=O) groups is 2. The monoisotopic (exact) mass is 507 g/mol. The van der Waals surface area contributed by atoms with Crippen molar-refractivity contribution in [1.82, 2.24) is 9.88 Å². The number of anilines is 1. The van der Waals surface area contributed by atoms with E-state index in [1.54, 1.807) is 0 Å². The molecular weight excluding hydrogens is 470 g/mol. The number of benzene rings is 2. The third-order valence-electron chi connectivity index (χ3n) is 5.73. The molecule has 2 aromatic carbocycles. The summed E-state index contributed by atoms with van der Waals surface area (Å²) in [5, 5.41) is 15.4. The highest BCUT2D eigenvalue weighted by molar-refractivity contribution is 7.09. The van der Waals surface area contributed by atoms with Crippen LogP contribution in [-0.2, 0) is 29.0 Å². The fraction of sp³-hybridized carbons (Fsp3) is 0.414. The topological polar surface area (TPSA) is 82.5 Å². The molecule has 7 heteroatoms. The summed E-state index contributed by atoms with van der Waals surface area (Å²) in [5.41, 5.74) is 5.58. The van der Waals surface area contributed by atoms with Gasteiger partial charge in [0.25, 0.3) is 0 Å². The summed E-state index contributed by atoms with van der Waals surface area (Å²) in [6.45, 7) is 9.12. The van der Waals surface area contributed by atoms with Gasteiger partial charge in [-0.1, -0.05) is 64.1 Å². The first kappa shape index (κ1) is 27.4. The number of hydrogen-bond donors (Lipinski definition) is 2. The van der Waals surface area contributed by atoms with Gasteiger partial charge in [-0.3, -0.25) is 9.59 Å². The van der Waals surface area contributed by atoms with Gasteiger partial charge in [-0.25, -0.2) is 4.98 Å². The summed E-state index contributed by atoms with van der Waals surface area (Å²) < 4.78 is 0. The largest absolute Gasteiger partial charge is 0.480 e. The van der Waals surface area contributed by atoms with Crippen molar-refractivity contribution in [3.63, 3.8) is 0 Å². The van der Waals surface area contributed by atoms with E-state index in [2.05, 4.69) is 48.4 Å². The molecular formula is C29H37N3O3S. The number of thiazole rings is 1. The maximum absolute atomic E-state index is 12.5. The smallest absolute Gasteiger partial charge is 0.323 e. The molecule has 36 heavy (non-hydrogen) atoms. The van der Waals surface area contributed by atoms with E-state index in [0.29, 0.717) is 12.3 Å². The van der Waals surface area contributed by atoms with E-state index in [1.165, 1.54) is 27.4 Å². The Morgan fingerprint density at radius 1 is 0.972 bits per heavy atom. The normalized spacial score (nSPS) is 11.2. The van der Waals surface area contributed by atoms with Crippen molar-refractivity contribution in [3.05, 3.63) is 70.0 Å². The molecule has 0 spiro atoms. The number of nitrogens with zero attached hydrogens (tertiary/aromatic N) is 2. The van der Waals surface area contributed by atoms with Crippen LogP contribution in [0.25, 0.3) is 11.3 Å². The molecule has 0 aliphatic rings. The molecule has 0 unspecified atom stereocenters. The van der Waals surface area contributed by atoms with Crippen LogP contribution in [0.5, 0.6) is 0 Å². The van der Waals surface area contributed by atoms with E-state index >= 15 is 0 Å². The Morgan fingerprint density at radius 2 is 1.64 bits per heavy atom. The standard InChI is InChI=1S/C29H37N3O3S/c1-20(2)15-23-7-5-22(6-8-23)13-14-30-25-11-9-24(10-12-25)26-19-36-27(31-26)17-32(18-29(34)35)28(33)16-21(3)4/h5-12,19-21,30H,13-18H2,1-4H3,(H,34,35). The Labute approximate surface area is 218 Å². The first-order valence-electron chi connectivity index (χ1n) is 12.6. The number of carboxylic acid groups (broad SMARTS) is 1. The third kappa shape index (κ3) is 8.79. The first-order chi connectivity index (χ1) is 17.2. The van der Waals surface area contributed by atoms with Crippen molar-refractivity contribution in [1.29, 1.82) is 0 Å². The molecule has 0 fully saturated rings. The van der Waals surface area contributed by atoms with E-state index in [9.17, 15) is 14.7 Å². The van der Waals surface area contributed by atoms with Gasteiger partial charge >= 0.3 is 5.97 Å². The highest BCUT2D eigenvalue weighted by Gasteiger charge is 2.19. The predicted octanol–water partition coefficient (Wildman–Crippen LogP) is 6.12. The zero-order valence-corrected chi connectivity index (χ0v) is 22.5. The van der Waals surface area contributed by atoms with Crippen LogP contribution in [0.4, 0.5) is 5.69 Å². The van der Waals surface area contributed by atoms with Gasteiger partial charge in [0.2, 0.25) is 5.91 Å². The van der Waals surface area contributed by atoms with Crippen LogP contribution < -0.4 is 5.32 Å². The molecule has 1 heterocycles. The van der Waals surface area contributed by atoms with Crippen LogP contribution in [0, 0.1) is 11.8 Å². The third-order valence-corrected chi connectivity index (χ3v) is 6.56. The summed E-state index contributed by atoms with van der Waals surface area (Å²) in [6.07, 6.45) is 2.40. The highest BCUT2D eigenvalue weighted by Crippen LogP contribution is 2.24. The SMILES string of the molecule is CC(C)CC(=O)N(CC(=O)O)Cc1nc(-c2ccc(NCCc3ccc(CC(C)C)cc3)cc2)cs1. The lowest BCUT2D eigenvalue weighted by Gasteiger charge is -2.20. The van der Waals surface area contributed by atoms with Gasteiger partial charge < -0.3 is 15.3 Å². The number of hydrogen-bond acceptors (Lipinski definition) is 5. The van der Waals surface area contributed by atoms with E-state index < -0.39 is 5.97 Å². The molecule has 192 valence electrons. The zero-order valence-electron chi connectivity index (χ0n) is 21.7. The Hall–Kier alpha value is -3.19. The van der Waals surface area contributed by atoms with Gasteiger partial charge in [0.05, 0.1) is 12.2 Å². The van der Waals surface area contributed by atoms with Crippen LogP contribution >= 0.6 is 11.3 Å². The van der Waals surface area contributed by atoms with Crippen LogP contribution in [0.1, 0.15) is 50.3 Å². The fourth-order valence-corrected chi connectivity index (χ4v) is 4.79. The van der Waals surface area contributed by atoms with Gasteiger partial charge in [-0.15, -0.1) is 11.3 Å². The van der Waals surface area contributed by atoms with E-state index in [1.807, 2.05) is 43.5 Å². The minimum absolute atomic E-state index is 0.161. The fourth-order valence-electron chi connectivity index (χ4n) is 3.98. The maximum atomic E-state index is 12.5. The summed E-state index contributed by atoms with van der Waals surface area (Å²) in [5.74, 6) is -0.342. The average Bonchev–Trinajstić information content (AvgIpc) is 3.28. The van der Waals surface area contributed by atoms with Crippen molar-refractivity contribution < 1.29 is 14.7 Å². The number of carbonyl (C=O) groups excluding carboxylic acids is 1. The summed E-state index contributed by atoms with van der Waals surface area (Å²) in [4.78, 5) is 29.7. The molecule has 1 aromatic heterocycles. The maximum Gasteiger partial charge on any atom is 0.323 e. The Morgan fingerprint density at radius 3 is 2.25 bits per heavy atom. The number of aliphatic carboxylic acids is 1. The van der Waals surface area contributed by atoms with Crippen molar-refractivity contribution in [3.8, 4) is 11.3 Å². The Balaban J connectivity index is 1.54. The van der Waals surface area contributed by atoms with Gasteiger partial charge in [0.15, 0.2) is 0 Å². The van der Waals surface area contributed by atoms with Crippen LogP contribution in [0.15, 0.2) is 53.9 Å². The molecule has 0 aliphatic carbocycles. The molecule has 0 saturated carbocycles. The number of aromatic nitrogens is 1. The second kappa shape index (κ2) is 13.2. The molecule has 0 saturated heterocycles. The van der Waals surface area contributed by atoms with E-state index in [-0.39, 0.29) is 24.9 Å². The molecule has 0 radical (unpaired) electrons. The lowest BCUT2D eigenvalue weighted by Crippen LogP contribution is -2.35. The number of amides is 1. The quantitative estimate of drug-likeness (QED) is 0.291. The van der Waals surface area contributed by atoms with Crippen molar-refractivity contribution in [2.24, 2.45) is 11.8 Å². The lowest BCUT2D eigenvalue weighted by molar-refractivity contribution is -0.145. The van der Waals surface area contributed by atoms with Crippen LogP contribution in [0.3, 0.4) is 0 Å². The average molecular weight is 508 g/mol. The lowest BCUT2D eigenvalue weighted by atomic mass is 10.0. The predicted molar refractivity (Wildman–Crippen MR) is 147 cm³/mol. The molecule has 0 atom stereocenters. The molecule has 2 N–H and O–H groups in total. The summed E-state index contributed by atoms with van der Waals surface area (Å²) >= 11 is 1.44. The molecule has 1 amide bonds. The first-order valence-corrected chi connectivity index (χ1v) is 13.4. The van der Waals surface area contributed by atoms with Gasteiger partial charge in [0, 0.05) is 29.6 Å². The van der Waals surface area contributed by atoms with Crippen molar-refractivity contribution >= 4 is 28.9 Å². The minimum Gasteiger partial charge on any atom is -0.480 e. The van der Waals surface area contributed by atoms with Gasteiger partial charge in [-0.2, -0.15) is 0 Å². The Bertz CT molecular complexity index is 1120. The van der Waals surface area contributed by atoms with Gasteiger partial charge in [-0.05, 0) is 47.9 Å².